The van der Waals surface area contributed by atoms with E-state index in [2.05, 4.69) is 35.4 Å². The van der Waals surface area contributed by atoms with Crippen molar-refractivity contribution in [3.05, 3.63) is 29.5 Å². The van der Waals surface area contributed by atoms with Crippen molar-refractivity contribution in [1.29, 1.82) is 0 Å². The zero-order chi connectivity index (χ0) is 22.1. The minimum atomic E-state index is -0.336. The number of aromatic amines is 1. The minimum Gasteiger partial charge on any atom is -0.466 e. The minimum absolute atomic E-state index is 0.0191. The van der Waals surface area contributed by atoms with Crippen molar-refractivity contribution in [2.75, 3.05) is 30.9 Å². The highest BCUT2D eigenvalue weighted by Gasteiger charge is 2.40. The summed E-state index contributed by atoms with van der Waals surface area (Å²) in [6.07, 6.45) is 4.27. The number of aryl methyl sites for hydroxylation is 1. The van der Waals surface area contributed by atoms with Gasteiger partial charge >= 0.3 is 5.97 Å². The van der Waals surface area contributed by atoms with Gasteiger partial charge in [0.15, 0.2) is 5.79 Å². The van der Waals surface area contributed by atoms with E-state index in [1.54, 1.807) is 11.8 Å². The monoisotopic (exact) mass is 457 g/mol. The van der Waals surface area contributed by atoms with Crippen LogP contribution in [0.1, 0.15) is 50.3 Å². The van der Waals surface area contributed by atoms with Gasteiger partial charge in [-0.05, 0) is 50.5 Å². The molecule has 2 aliphatic heterocycles. The normalized spacial score (nSPS) is 23.1. The summed E-state index contributed by atoms with van der Waals surface area (Å²) in [7, 11) is 0. The number of esters is 1. The standard InChI is InChI=1S/C24H31N3O4S/c1-3-29-21(28)13-18-14-32-23(26-18)20-12-16-10-15(2)11-19(22(16)27-20)25-17-4-6-24(7-5-17)30-8-9-31-24/h10-12,17-18,25,27H,3-9,13-14H2,1-2H3. The van der Waals surface area contributed by atoms with Crippen LogP contribution in [0.15, 0.2) is 23.2 Å². The van der Waals surface area contributed by atoms with E-state index in [0.29, 0.717) is 32.3 Å². The number of benzene rings is 1. The van der Waals surface area contributed by atoms with Gasteiger partial charge in [0.2, 0.25) is 0 Å². The van der Waals surface area contributed by atoms with Crippen LogP contribution < -0.4 is 5.32 Å². The fraction of sp³-hybridized carbons (Fsp3) is 0.583. The third-order valence-electron chi connectivity index (χ3n) is 6.44. The van der Waals surface area contributed by atoms with E-state index in [1.165, 1.54) is 10.9 Å². The number of nitrogens with zero attached hydrogens (tertiary/aromatic N) is 1. The van der Waals surface area contributed by atoms with Crippen LogP contribution in [0.2, 0.25) is 0 Å². The van der Waals surface area contributed by atoms with E-state index < -0.39 is 0 Å². The highest BCUT2D eigenvalue weighted by atomic mass is 32.2. The smallest absolute Gasteiger partial charge is 0.307 e. The van der Waals surface area contributed by atoms with Crippen LogP contribution >= 0.6 is 11.8 Å². The predicted octanol–water partition coefficient (Wildman–Crippen LogP) is 4.39. The van der Waals surface area contributed by atoms with Crippen LogP contribution in [0.5, 0.6) is 0 Å². The summed E-state index contributed by atoms with van der Waals surface area (Å²) in [5, 5.41) is 5.92. The molecule has 0 radical (unpaired) electrons. The summed E-state index contributed by atoms with van der Waals surface area (Å²) in [6.45, 7) is 5.80. The first-order chi connectivity index (χ1) is 15.5. The van der Waals surface area contributed by atoms with Gasteiger partial charge in [0.25, 0.3) is 0 Å². The number of nitrogens with one attached hydrogen (secondary N) is 2. The number of aliphatic imine (C=N–C) groups is 1. The zero-order valence-electron chi connectivity index (χ0n) is 18.7. The fourth-order valence-electron chi connectivity index (χ4n) is 4.91. The Balaban J connectivity index is 1.31. The molecule has 3 aliphatic rings. The highest BCUT2D eigenvalue weighted by molar-refractivity contribution is 8.14. The Labute approximate surface area is 192 Å². The van der Waals surface area contributed by atoms with Crippen LogP contribution in [0.25, 0.3) is 10.9 Å². The molecule has 1 saturated carbocycles. The van der Waals surface area contributed by atoms with E-state index in [4.69, 9.17) is 19.2 Å². The molecular formula is C24H31N3O4S. The van der Waals surface area contributed by atoms with Gasteiger partial charge in [-0.25, -0.2) is 0 Å². The van der Waals surface area contributed by atoms with Gasteiger partial charge in [0.1, 0.15) is 5.04 Å². The molecule has 1 saturated heterocycles. The molecule has 1 spiro atoms. The lowest BCUT2D eigenvalue weighted by Gasteiger charge is -2.36. The lowest BCUT2D eigenvalue weighted by atomic mass is 9.90. The van der Waals surface area contributed by atoms with Gasteiger partial charge in [-0.2, -0.15) is 0 Å². The number of fused-ring (bicyclic) bond motifs is 1. The number of ether oxygens (including phenoxy) is 3. The molecule has 8 heteroatoms. The Morgan fingerprint density at radius 2 is 2.06 bits per heavy atom. The van der Waals surface area contributed by atoms with Crippen molar-refractivity contribution < 1.29 is 19.0 Å². The van der Waals surface area contributed by atoms with Crippen molar-refractivity contribution in [3.63, 3.8) is 0 Å². The van der Waals surface area contributed by atoms with Crippen molar-refractivity contribution >= 4 is 39.4 Å². The van der Waals surface area contributed by atoms with Crippen molar-refractivity contribution in [2.24, 2.45) is 4.99 Å². The molecule has 1 aromatic heterocycles. The maximum absolute atomic E-state index is 11.8. The molecule has 2 fully saturated rings. The van der Waals surface area contributed by atoms with E-state index in [9.17, 15) is 4.79 Å². The van der Waals surface area contributed by atoms with Gasteiger partial charge < -0.3 is 24.5 Å². The van der Waals surface area contributed by atoms with Crippen molar-refractivity contribution in [3.8, 4) is 0 Å². The predicted molar refractivity (Wildman–Crippen MR) is 128 cm³/mol. The summed E-state index contributed by atoms with van der Waals surface area (Å²) >= 11 is 1.70. The summed E-state index contributed by atoms with van der Waals surface area (Å²) < 4.78 is 16.8. The second-order valence-electron chi connectivity index (χ2n) is 8.89. The highest BCUT2D eigenvalue weighted by Crippen LogP contribution is 2.38. The zero-order valence-corrected chi connectivity index (χ0v) is 19.6. The van der Waals surface area contributed by atoms with Crippen LogP contribution in [0.3, 0.4) is 0 Å². The third-order valence-corrected chi connectivity index (χ3v) is 7.59. The Morgan fingerprint density at radius 1 is 1.28 bits per heavy atom. The van der Waals surface area contributed by atoms with Gasteiger partial charge in [-0.1, -0.05) is 0 Å². The van der Waals surface area contributed by atoms with Crippen molar-refractivity contribution in [2.45, 2.75) is 63.8 Å². The molecule has 32 heavy (non-hydrogen) atoms. The molecule has 1 atom stereocenters. The average Bonchev–Trinajstić information content (AvgIpc) is 3.50. The summed E-state index contributed by atoms with van der Waals surface area (Å²) in [5.74, 6) is 0.295. The second kappa shape index (κ2) is 9.08. The van der Waals surface area contributed by atoms with Gasteiger partial charge in [0.05, 0.1) is 49.2 Å². The summed E-state index contributed by atoms with van der Waals surface area (Å²) in [5.41, 5.74) is 4.48. The number of anilines is 1. The summed E-state index contributed by atoms with van der Waals surface area (Å²) in [6, 6.07) is 6.96. The lowest BCUT2D eigenvalue weighted by Crippen LogP contribution is -2.39. The largest absolute Gasteiger partial charge is 0.466 e. The quantitative estimate of drug-likeness (QED) is 0.626. The fourth-order valence-corrected chi connectivity index (χ4v) is 5.94. The Bertz CT molecular complexity index is 1020. The van der Waals surface area contributed by atoms with E-state index >= 15 is 0 Å². The molecule has 3 heterocycles. The van der Waals surface area contributed by atoms with Crippen LogP contribution in [0, 0.1) is 6.92 Å². The molecule has 1 unspecified atom stereocenters. The van der Waals surface area contributed by atoms with Crippen molar-refractivity contribution in [1.82, 2.24) is 4.98 Å². The number of H-pyrrole nitrogens is 1. The first-order valence-electron chi connectivity index (χ1n) is 11.6. The SMILES string of the molecule is CCOC(=O)CC1CSC(c2cc3cc(C)cc(NC4CCC5(CC4)OCCO5)c3[nH]2)=N1. The first-order valence-corrected chi connectivity index (χ1v) is 12.6. The maximum atomic E-state index is 11.8. The Hall–Kier alpha value is -2.03. The summed E-state index contributed by atoms with van der Waals surface area (Å²) in [4.78, 5) is 20.2. The molecule has 2 aromatic rings. The molecule has 5 rings (SSSR count). The Kier molecular flexibility index (Phi) is 6.18. The van der Waals surface area contributed by atoms with E-state index in [1.807, 2.05) is 6.92 Å². The third kappa shape index (κ3) is 4.54. The number of hydrogen-bond acceptors (Lipinski definition) is 7. The molecule has 1 aromatic carbocycles. The topological polar surface area (TPSA) is 84.9 Å². The number of hydrogen-bond donors (Lipinski definition) is 2. The van der Waals surface area contributed by atoms with E-state index in [0.717, 1.165) is 53.4 Å². The van der Waals surface area contributed by atoms with Gasteiger partial charge in [-0.15, -0.1) is 11.8 Å². The number of aromatic nitrogens is 1. The molecular weight excluding hydrogens is 426 g/mol. The molecule has 0 amide bonds. The van der Waals surface area contributed by atoms with Crippen LogP contribution in [-0.2, 0) is 19.0 Å². The molecule has 0 bridgehead atoms. The number of thioether (sulfide) groups is 1. The van der Waals surface area contributed by atoms with Crippen LogP contribution in [0.4, 0.5) is 5.69 Å². The van der Waals surface area contributed by atoms with E-state index in [-0.39, 0.29) is 17.8 Å². The number of carbonyl (C=O) groups is 1. The number of rotatable bonds is 6. The second-order valence-corrected chi connectivity index (χ2v) is 9.90. The first kappa shape index (κ1) is 21.8. The molecule has 1 aliphatic carbocycles. The number of carbonyl (C=O) groups excluding carboxylic acids is 1. The van der Waals surface area contributed by atoms with Gasteiger partial charge in [0, 0.05) is 30.0 Å². The molecule has 2 N–H and O–H groups in total. The van der Waals surface area contributed by atoms with Gasteiger partial charge in [-0.3, -0.25) is 9.79 Å². The van der Waals surface area contributed by atoms with Crippen LogP contribution in [-0.4, -0.2) is 59.4 Å². The lowest BCUT2D eigenvalue weighted by molar-refractivity contribution is -0.177. The maximum Gasteiger partial charge on any atom is 0.307 e. The molecule has 7 nitrogen and oxygen atoms in total. The average molecular weight is 458 g/mol. The Morgan fingerprint density at radius 3 is 2.81 bits per heavy atom. The molecule has 172 valence electrons.